The molecule has 0 aliphatic rings. The van der Waals surface area contributed by atoms with Gasteiger partial charge in [-0.2, -0.15) is 0 Å². The zero-order valence-corrected chi connectivity index (χ0v) is 11.5. The number of carboxylic acid groups (broad SMARTS) is 1. The Hall–Kier alpha value is -2.60. The predicted octanol–water partition coefficient (Wildman–Crippen LogP) is 3.56. The van der Waals surface area contributed by atoms with Gasteiger partial charge in [-0.1, -0.05) is 29.8 Å². The molecule has 0 unspecified atom stereocenters. The van der Waals surface area contributed by atoms with Crippen molar-refractivity contribution in [1.82, 2.24) is 0 Å². The van der Waals surface area contributed by atoms with Crippen LogP contribution in [-0.2, 0) is 6.54 Å². The lowest BCUT2D eigenvalue weighted by Crippen LogP contribution is -2.03. The van der Waals surface area contributed by atoms with Crippen molar-refractivity contribution in [2.75, 3.05) is 5.32 Å². The van der Waals surface area contributed by atoms with Gasteiger partial charge in [-0.15, -0.1) is 0 Å². The summed E-state index contributed by atoms with van der Waals surface area (Å²) in [5.41, 5.74) is 1.12. The fourth-order valence-electron chi connectivity index (χ4n) is 1.81. The molecule has 21 heavy (non-hydrogen) atoms. The molecule has 108 valence electrons. The zero-order chi connectivity index (χ0) is 15.4. The predicted molar refractivity (Wildman–Crippen MR) is 78.8 cm³/mol. The number of carboxylic acids is 1. The summed E-state index contributed by atoms with van der Waals surface area (Å²) in [6, 6.07) is 10.9. The van der Waals surface area contributed by atoms with E-state index in [4.69, 9.17) is 16.7 Å². The van der Waals surface area contributed by atoms with Gasteiger partial charge in [0.15, 0.2) is 0 Å². The van der Waals surface area contributed by atoms with Crippen LogP contribution in [-0.4, -0.2) is 16.0 Å². The molecule has 0 saturated carbocycles. The number of anilines is 1. The molecule has 0 saturated heterocycles. The van der Waals surface area contributed by atoms with Crippen LogP contribution in [0.25, 0.3) is 0 Å². The third-order valence-electron chi connectivity index (χ3n) is 2.85. The minimum Gasteiger partial charge on any atom is -0.478 e. The van der Waals surface area contributed by atoms with Crippen LogP contribution in [0.5, 0.6) is 0 Å². The third kappa shape index (κ3) is 3.49. The first-order chi connectivity index (χ1) is 9.99. The van der Waals surface area contributed by atoms with Crippen molar-refractivity contribution in [3.8, 4) is 0 Å². The molecule has 0 aliphatic heterocycles. The van der Waals surface area contributed by atoms with E-state index in [0.29, 0.717) is 12.2 Å². The van der Waals surface area contributed by atoms with Gasteiger partial charge in [0.2, 0.25) is 0 Å². The molecule has 0 radical (unpaired) electrons. The van der Waals surface area contributed by atoms with E-state index in [1.807, 2.05) is 0 Å². The topological polar surface area (TPSA) is 92.5 Å². The first kappa shape index (κ1) is 14.8. The molecule has 0 bridgehead atoms. The Balaban J connectivity index is 2.15. The van der Waals surface area contributed by atoms with Crippen LogP contribution in [0.4, 0.5) is 11.4 Å². The fraction of sp³-hybridized carbons (Fsp3) is 0.0714. The molecular formula is C14H11ClN2O4. The highest BCUT2D eigenvalue weighted by Gasteiger charge is 2.17. The summed E-state index contributed by atoms with van der Waals surface area (Å²) in [7, 11) is 0. The van der Waals surface area contributed by atoms with E-state index >= 15 is 0 Å². The number of nitrogens with zero attached hydrogens (tertiary/aromatic N) is 1. The van der Waals surface area contributed by atoms with Crippen molar-refractivity contribution in [2.45, 2.75) is 6.54 Å². The maximum Gasteiger partial charge on any atom is 0.335 e. The lowest BCUT2D eigenvalue weighted by atomic mass is 10.1. The summed E-state index contributed by atoms with van der Waals surface area (Å²) in [6.07, 6.45) is 0. The Kier molecular flexibility index (Phi) is 4.39. The number of hydrogen-bond acceptors (Lipinski definition) is 4. The van der Waals surface area contributed by atoms with Gasteiger partial charge in [0.25, 0.3) is 0 Å². The molecule has 7 heteroatoms. The van der Waals surface area contributed by atoms with Crippen molar-refractivity contribution in [1.29, 1.82) is 0 Å². The standard InChI is InChI=1S/C14H11ClN2O4/c15-11-2-1-3-12(13(11)17(20)21)16-8-9-4-6-10(7-5-9)14(18)19/h1-7,16H,8H2,(H,18,19). The number of nitro benzene ring substituents is 1. The van der Waals surface area contributed by atoms with Crippen molar-refractivity contribution in [3.63, 3.8) is 0 Å². The van der Waals surface area contributed by atoms with E-state index in [0.717, 1.165) is 5.56 Å². The van der Waals surface area contributed by atoms with E-state index in [9.17, 15) is 14.9 Å². The monoisotopic (exact) mass is 306 g/mol. The number of halogens is 1. The maximum atomic E-state index is 11.0. The molecule has 0 aliphatic carbocycles. The third-order valence-corrected chi connectivity index (χ3v) is 3.16. The number of benzene rings is 2. The van der Waals surface area contributed by atoms with Crippen LogP contribution >= 0.6 is 11.6 Å². The summed E-state index contributed by atoms with van der Waals surface area (Å²) >= 11 is 5.81. The largest absolute Gasteiger partial charge is 0.478 e. The number of aromatic carboxylic acids is 1. The molecule has 0 aromatic heterocycles. The van der Waals surface area contributed by atoms with E-state index in [1.165, 1.54) is 18.2 Å². The van der Waals surface area contributed by atoms with Crippen molar-refractivity contribution < 1.29 is 14.8 Å². The number of carbonyl (C=O) groups is 1. The lowest BCUT2D eigenvalue weighted by Gasteiger charge is -2.08. The van der Waals surface area contributed by atoms with Gasteiger partial charge in [-0.3, -0.25) is 10.1 Å². The Labute approximate surface area is 125 Å². The van der Waals surface area contributed by atoms with E-state index in [-0.39, 0.29) is 16.3 Å². The van der Waals surface area contributed by atoms with Gasteiger partial charge >= 0.3 is 11.7 Å². The minimum absolute atomic E-state index is 0.0613. The normalized spacial score (nSPS) is 10.1. The first-order valence-corrected chi connectivity index (χ1v) is 6.36. The summed E-state index contributed by atoms with van der Waals surface area (Å²) < 4.78 is 0. The maximum absolute atomic E-state index is 11.0. The number of rotatable bonds is 5. The Bertz CT molecular complexity index is 686. The summed E-state index contributed by atoms with van der Waals surface area (Å²) in [6.45, 7) is 0.321. The second-order valence-electron chi connectivity index (χ2n) is 4.25. The second kappa shape index (κ2) is 6.23. The number of hydrogen-bond donors (Lipinski definition) is 2. The Morgan fingerprint density at radius 2 is 1.90 bits per heavy atom. The molecule has 6 nitrogen and oxygen atoms in total. The average molecular weight is 307 g/mol. The van der Waals surface area contributed by atoms with E-state index < -0.39 is 10.9 Å². The number of para-hydroxylation sites is 1. The van der Waals surface area contributed by atoms with Gasteiger partial charge in [0, 0.05) is 6.54 Å². The summed E-state index contributed by atoms with van der Waals surface area (Å²) in [4.78, 5) is 21.2. The molecule has 0 heterocycles. The smallest absolute Gasteiger partial charge is 0.335 e. The van der Waals surface area contributed by atoms with Crippen LogP contribution in [0.2, 0.25) is 5.02 Å². The molecule has 2 rings (SSSR count). The van der Waals surface area contributed by atoms with Crippen LogP contribution in [0, 0.1) is 10.1 Å². The lowest BCUT2D eigenvalue weighted by molar-refractivity contribution is -0.383. The summed E-state index contributed by atoms with van der Waals surface area (Å²) in [5, 5.41) is 22.8. The fourth-order valence-corrected chi connectivity index (χ4v) is 2.05. The molecule has 0 fully saturated rings. The van der Waals surface area contributed by atoms with Crippen molar-refractivity contribution in [2.24, 2.45) is 0 Å². The highest BCUT2D eigenvalue weighted by Crippen LogP contribution is 2.32. The second-order valence-corrected chi connectivity index (χ2v) is 4.66. The number of nitrogens with one attached hydrogen (secondary N) is 1. The molecular weight excluding hydrogens is 296 g/mol. The molecule has 0 atom stereocenters. The molecule has 0 spiro atoms. The van der Waals surface area contributed by atoms with Crippen LogP contribution in [0.3, 0.4) is 0 Å². The van der Waals surface area contributed by atoms with Crippen LogP contribution in [0.1, 0.15) is 15.9 Å². The van der Waals surface area contributed by atoms with Crippen LogP contribution < -0.4 is 5.32 Å². The molecule has 2 aromatic carbocycles. The van der Waals surface area contributed by atoms with Gasteiger partial charge in [0.1, 0.15) is 10.7 Å². The molecule has 0 amide bonds. The minimum atomic E-state index is -1.00. The SMILES string of the molecule is O=C(O)c1ccc(CNc2cccc(Cl)c2[N+](=O)[O-])cc1. The van der Waals surface area contributed by atoms with Gasteiger partial charge in [0.05, 0.1) is 10.5 Å². The molecule has 2 N–H and O–H groups in total. The zero-order valence-electron chi connectivity index (χ0n) is 10.7. The van der Waals surface area contributed by atoms with E-state index in [2.05, 4.69) is 5.32 Å². The Morgan fingerprint density at radius 3 is 2.48 bits per heavy atom. The van der Waals surface area contributed by atoms with Gasteiger partial charge in [-0.25, -0.2) is 4.79 Å². The molecule has 2 aromatic rings. The van der Waals surface area contributed by atoms with Gasteiger partial charge in [-0.05, 0) is 29.8 Å². The first-order valence-electron chi connectivity index (χ1n) is 5.98. The van der Waals surface area contributed by atoms with Crippen LogP contribution in [0.15, 0.2) is 42.5 Å². The highest BCUT2D eigenvalue weighted by atomic mass is 35.5. The van der Waals surface area contributed by atoms with E-state index in [1.54, 1.807) is 24.3 Å². The Morgan fingerprint density at radius 1 is 1.24 bits per heavy atom. The summed E-state index contributed by atoms with van der Waals surface area (Å²) in [5.74, 6) is -1.00. The van der Waals surface area contributed by atoms with Gasteiger partial charge < -0.3 is 10.4 Å². The quantitative estimate of drug-likeness (QED) is 0.651. The number of nitro groups is 1. The average Bonchev–Trinajstić information content (AvgIpc) is 2.45. The van der Waals surface area contributed by atoms with Crippen molar-refractivity contribution in [3.05, 3.63) is 68.7 Å². The highest BCUT2D eigenvalue weighted by molar-refractivity contribution is 6.33. The van der Waals surface area contributed by atoms with Crippen molar-refractivity contribution >= 4 is 28.9 Å².